The molecular weight excluding hydrogens is 218 g/mol. The first-order chi connectivity index (χ1) is 8.33. The van der Waals surface area contributed by atoms with E-state index in [4.69, 9.17) is 9.84 Å². The van der Waals surface area contributed by atoms with Gasteiger partial charge in [0.1, 0.15) is 6.10 Å². The maximum atomic E-state index is 9.06. The van der Waals surface area contributed by atoms with E-state index in [2.05, 4.69) is 21.8 Å². The Hall–Kier alpha value is -1.04. The van der Waals surface area contributed by atoms with Crippen LogP contribution in [0.5, 0.6) is 0 Å². The highest BCUT2D eigenvalue weighted by molar-refractivity contribution is 5.04. The molecule has 2 heterocycles. The van der Waals surface area contributed by atoms with Gasteiger partial charge in [0.05, 0.1) is 18.9 Å². The van der Waals surface area contributed by atoms with Crippen molar-refractivity contribution in [2.75, 3.05) is 26.2 Å². The number of hydrogen-bond donors (Lipinski definition) is 1. The van der Waals surface area contributed by atoms with Gasteiger partial charge in [0.15, 0.2) is 5.82 Å². The molecule has 0 aliphatic carbocycles. The number of rotatable bonds is 4. The summed E-state index contributed by atoms with van der Waals surface area (Å²) >= 11 is 0. The van der Waals surface area contributed by atoms with Gasteiger partial charge in [-0.3, -0.25) is 4.90 Å². The highest BCUT2D eigenvalue weighted by Gasteiger charge is 2.23. The summed E-state index contributed by atoms with van der Waals surface area (Å²) in [4.78, 5) is 10.9. The molecular formula is C12H19N3O2. The highest BCUT2D eigenvalue weighted by atomic mass is 16.5. The topological polar surface area (TPSA) is 58.5 Å². The second-order valence-corrected chi connectivity index (χ2v) is 4.22. The molecule has 0 amide bonds. The fourth-order valence-corrected chi connectivity index (χ4v) is 2.03. The molecule has 0 aromatic carbocycles. The van der Waals surface area contributed by atoms with E-state index in [9.17, 15) is 0 Å². The van der Waals surface area contributed by atoms with Gasteiger partial charge < -0.3 is 9.84 Å². The predicted molar refractivity (Wildman–Crippen MR) is 63.4 cm³/mol. The Kier molecular flexibility index (Phi) is 4.42. The van der Waals surface area contributed by atoms with Crippen LogP contribution < -0.4 is 0 Å². The molecule has 94 valence electrons. The zero-order chi connectivity index (χ0) is 12.1. The van der Waals surface area contributed by atoms with E-state index < -0.39 is 0 Å². The van der Waals surface area contributed by atoms with Crippen LogP contribution in [0.2, 0.25) is 0 Å². The molecule has 1 fully saturated rings. The summed E-state index contributed by atoms with van der Waals surface area (Å²) in [7, 11) is 0. The molecule has 1 aromatic heterocycles. The molecule has 5 nitrogen and oxygen atoms in total. The molecule has 0 spiro atoms. The molecule has 1 atom stereocenters. The van der Waals surface area contributed by atoms with Crippen LogP contribution in [0.25, 0.3) is 0 Å². The Bertz CT molecular complexity index is 357. The van der Waals surface area contributed by atoms with Gasteiger partial charge in [-0.05, 0) is 19.0 Å². The Morgan fingerprint density at radius 1 is 1.59 bits per heavy atom. The third-order valence-electron chi connectivity index (χ3n) is 2.87. The number of ether oxygens (including phenoxy) is 1. The van der Waals surface area contributed by atoms with Gasteiger partial charge in [-0.2, -0.15) is 0 Å². The second-order valence-electron chi connectivity index (χ2n) is 4.22. The molecule has 5 heteroatoms. The van der Waals surface area contributed by atoms with Gasteiger partial charge in [-0.15, -0.1) is 0 Å². The third-order valence-corrected chi connectivity index (χ3v) is 2.87. The lowest BCUT2D eigenvalue weighted by molar-refractivity contribution is -0.0343. The average molecular weight is 237 g/mol. The lowest BCUT2D eigenvalue weighted by atomic mass is 10.2. The molecule has 2 rings (SSSR count). The zero-order valence-corrected chi connectivity index (χ0v) is 10.2. The van der Waals surface area contributed by atoms with Crippen molar-refractivity contribution in [2.24, 2.45) is 0 Å². The molecule has 1 unspecified atom stereocenters. The van der Waals surface area contributed by atoms with Crippen LogP contribution in [-0.2, 0) is 11.3 Å². The fraction of sp³-hybridized carbons (Fsp3) is 0.667. The van der Waals surface area contributed by atoms with Gasteiger partial charge in [-0.25, -0.2) is 9.97 Å². The number of nitrogens with zero attached hydrogens (tertiary/aromatic N) is 3. The lowest BCUT2D eigenvalue weighted by Crippen LogP contribution is -2.39. The van der Waals surface area contributed by atoms with E-state index in [1.165, 1.54) is 0 Å². The van der Waals surface area contributed by atoms with Crippen molar-refractivity contribution in [3.8, 4) is 0 Å². The van der Waals surface area contributed by atoms with Gasteiger partial charge in [-0.1, -0.05) is 6.92 Å². The summed E-state index contributed by atoms with van der Waals surface area (Å²) in [5, 5.41) is 9.06. The van der Waals surface area contributed by atoms with E-state index in [-0.39, 0.29) is 12.7 Å². The average Bonchev–Trinajstić information content (AvgIpc) is 2.40. The first kappa shape index (κ1) is 12.4. The first-order valence-electron chi connectivity index (χ1n) is 6.10. The van der Waals surface area contributed by atoms with Gasteiger partial charge in [0, 0.05) is 19.3 Å². The van der Waals surface area contributed by atoms with Crippen molar-refractivity contribution in [2.45, 2.75) is 26.1 Å². The summed E-state index contributed by atoms with van der Waals surface area (Å²) in [6.45, 7) is 5.73. The molecule has 1 aliphatic rings. The maximum Gasteiger partial charge on any atom is 0.158 e. The van der Waals surface area contributed by atoms with Crippen molar-refractivity contribution < 1.29 is 9.84 Å². The minimum Gasteiger partial charge on any atom is -0.390 e. The summed E-state index contributed by atoms with van der Waals surface area (Å²) in [6.07, 6.45) is 2.75. The normalized spacial score (nSPS) is 21.6. The highest BCUT2D eigenvalue weighted by Crippen LogP contribution is 2.19. The Morgan fingerprint density at radius 2 is 2.47 bits per heavy atom. The Morgan fingerprint density at radius 3 is 3.24 bits per heavy atom. The largest absolute Gasteiger partial charge is 0.390 e. The first-order valence-corrected chi connectivity index (χ1v) is 6.10. The molecule has 1 aromatic rings. The van der Waals surface area contributed by atoms with Crippen LogP contribution in [0.3, 0.4) is 0 Å². The van der Waals surface area contributed by atoms with E-state index >= 15 is 0 Å². The number of morpholine rings is 1. The summed E-state index contributed by atoms with van der Waals surface area (Å²) in [5.74, 6) is 0.678. The fourth-order valence-electron chi connectivity index (χ4n) is 2.03. The van der Waals surface area contributed by atoms with E-state index in [1.54, 1.807) is 12.3 Å². The van der Waals surface area contributed by atoms with E-state index in [1.807, 2.05) is 0 Å². The third kappa shape index (κ3) is 3.21. The van der Waals surface area contributed by atoms with Crippen LogP contribution >= 0.6 is 0 Å². The number of aliphatic hydroxyl groups excluding tert-OH is 1. The van der Waals surface area contributed by atoms with Crippen molar-refractivity contribution >= 4 is 0 Å². The number of aromatic nitrogens is 2. The molecule has 0 radical (unpaired) electrons. The second kappa shape index (κ2) is 6.05. The zero-order valence-electron chi connectivity index (χ0n) is 10.2. The Labute approximate surface area is 101 Å². The van der Waals surface area contributed by atoms with Crippen molar-refractivity contribution in [1.82, 2.24) is 14.9 Å². The quantitative estimate of drug-likeness (QED) is 0.837. The van der Waals surface area contributed by atoms with E-state index in [0.29, 0.717) is 11.5 Å². The Balaban J connectivity index is 2.05. The predicted octanol–water partition coefficient (Wildman–Crippen LogP) is 0.752. The lowest BCUT2D eigenvalue weighted by Gasteiger charge is -2.31. The smallest absolute Gasteiger partial charge is 0.158 e. The SMILES string of the molecule is CCCN1CCOC(c2nccc(CO)n2)C1. The molecule has 0 saturated carbocycles. The maximum absolute atomic E-state index is 9.06. The minimum atomic E-state index is -0.0678. The van der Waals surface area contributed by atoms with Crippen LogP contribution in [0, 0.1) is 0 Å². The van der Waals surface area contributed by atoms with Gasteiger partial charge >= 0.3 is 0 Å². The molecule has 1 aliphatic heterocycles. The summed E-state index contributed by atoms with van der Waals surface area (Å²) in [6, 6.07) is 1.72. The van der Waals surface area contributed by atoms with E-state index in [0.717, 1.165) is 32.7 Å². The van der Waals surface area contributed by atoms with Crippen LogP contribution in [0.1, 0.15) is 31.0 Å². The monoisotopic (exact) mass is 237 g/mol. The van der Waals surface area contributed by atoms with Crippen LogP contribution in [0.15, 0.2) is 12.3 Å². The molecule has 17 heavy (non-hydrogen) atoms. The number of aliphatic hydroxyl groups is 1. The van der Waals surface area contributed by atoms with Crippen LogP contribution in [-0.4, -0.2) is 46.2 Å². The standard InChI is InChI=1S/C12H19N3O2/c1-2-5-15-6-7-17-11(8-15)12-13-4-3-10(9-16)14-12/h3-4,11,16H,2,5-9H2,1H3. The summed E-state index contributed by atoms with van der Waals surface area (Å²) in [5.41, 5.74) is 0.645. The van der Waals surface area contributed by atoms with Crippen molar-refractivity contribution in [1.29, 1.82) is 0 Å². The van der Waals surface area contributed by atoms with Crippen molar-refractivity contribution in [3.63, 3.8) is 0 Å². The van der Waals surface area contributed by atoms with Crippen LogP contribution in [0.4, 0.5) is 0 Å². The minimum absolute atomic E-state index is 0.0546. The van der Waals surface area contributed by atoms with Gasteiger partial charge in [0.2, 0.25) is 0 Å². The van der Waals surface area contributed by atoms with Gasteiger partial charge in [0.25, 0.3) is 0 Å². The van der Waals surface area contributed by atoms with Crippen molar-refractivity contribution in [3.05, 3.63) is 23.8 Å². The summed E-state index contributed by atoms with van der Waals surface area (Å²) < 4.78 is 5.69. The molecule has 0 bridgehead atoms. The molecule has 1 N–H and O–H groups in total. The molecule has 1 saturated heterocycles. The number of hydrogen-bond acceptors (Lipinski definition) is 5.